The SMILES string of the molecule is CCC(C)C(=O)Nc1cccc(CNC(=O)c2c(-c3ccccc3Cl)noc2C)c1. The van der Waals surface area contributed by atoms with Crippen LogP contribution in [0.3, 0.4) is 0 Å². The number of carbonyl (C=O) groups is 2. The molecule has 0 aliphatic heterocycles. The Bertz CT molecular complexity index is 1060. The van der Waals surface area contributed by atoms with Gasteiger partial charge in [0.15, 0.2) is 0 Å². The molecule has 3 rings (SSSR count). The lowest BCUT2D eigenvalue weighted by Gasteiger charge is -2.11. The van der Waals surface area contributed by atoms with E-state index in [2.05, 4.69) is 15.8 Å². The third-order valence-electron chi connectivity index (χ3n) is 4.93. The zero-order valence-electron chi connectivity index (χ0n) is 17.2. The number of halogens is 1. The number of amides is 2. The van der Waals surface area contributed by atoms with Gasteiger partial charge in [-0.05, 0) is 37.1 Å². The van der Waals surface area contributed by atoms with E-state index in [0.29, 0.717) is 39.8 Å². The Labute approximate surface area is 180 Å². The lowest BCUT2D eigenvalue weighted by molar-refractivity contribution is -0.119. The molecule has 0 saturated heterocycles. The first kappa shape index (κ1) is 21.6. The number of nitrogens with one attached hydrogen (secondary N) is 2. The number of hydrogen-bond acceptors (Lipinski definition) is 4. The minimum absolute atomic E-state index is 0.0248. The molecule has 2 amide bonds. The molecule has 7 heteroatoms. The van der Waals surface area contributed by atoms with Crippen LogP contribution in [0, 0.1) is 12.8 Å². The summed E-state index contributed by atoms with van der Waals surface area (Å²) in [6, 6.07) is 14.6. The smallest absolute Gasteiger partial charge is 0.257 e. The highest BCUT2D eigenvalue weighted by molar-refractivity contribution is 6.33. The normalized spacial score (nSPS) is 11.7. The van der Waals surface area contributed by atoms with Crippen molar-refractivity contribution in [2.24, 2.45) is 5.92 Å². The van der Waals surface area contributed by atoms with Crippen molar-refractivity contribution in [3.05, 3.63) is 70.4 Å². The Morgan fingerprint density at radius 2 is 1.93 bits per heavy atom. The van der Waals surface area contributed by atoms with Gasteiger partial charge in [-0.2, -0.15) is 0 Å². The molecule has 30 heavy (non-hydrogen) atoms. The topological polar surface area (TPSA) is 84.2 Å². The van der Waals surface area contributed by atoms with Crippen molar-refractivity contribution in [2.45, 2.75) is 33.7 Å². The summed E-state index contributed by atoms with van der Waals surface area (Å²) in [5, 5.41) is 10.3. The molecule has 0 radical (unpaired) electrons. The molecule has 2 N–H and O–H groups in total. The molecule has 0 bridgehead atoms. The van der Waals surface area contributed by atoms with Gasteiger partial charge in [0.1, 0.15) is 17.0 Å². The average Bonchev–Trinajstić information content (AvgIpc) is 3.13. The monoisotopic (exact) mass is 425 g/mol. The Morgan fingerprint density at radius 1 is 1.17 bits per heavy atom. The maximum absolute atomic E-state index is 12.9. The maximum atomic E-state index is 12.9. The molecule has 6 nitrogen and oxygen atoms in total. The van der Waals surface area contributed by atoms with Crippen molar-refractivity contribution in [3.63, 3.8) is 0 Å². The molecule has 1 heterocycles. The Hall–Kier alpha value is -3.12. The molecule has 1 aromatic heterocycles. The number of aromatic nitrogens is 1. The highest BCUT2D eigenvalue weighted by atomic mass is 35.5. The fraction of sp³-hybridized carbons (Fsp3) is 0.261. The van der Waals surface area contributed by atoms with Crippen LogP contribution in [0.5, 0.6) is 0 Å². The number of nitrogens with zero attached hydrogens (tertiary/aromatic N) is 1. The summed E-state index contributed by atoms with van der Waals surface area (Å²) in [4.78, 5) is 25.0. The third kappa shape index (κ3) is 4.89. The molecular formula is C23H24ClN3O3. The summed E-state index contributed by atoms with van der Waals surface area (Å²) < 4.78 is 5.26. The number of carbonyl (C=O) groups excluding carboxylic acids is 2. The predicted molar refractivity (Wildman–Crippen MR) is 117 cm³/mol. The van der Waals surface area contributed by atoms with E-state index in [0.717, 1.165) is 12.0 Å². The Balaban J connectivity index is 1.73. The van der Waals surface area contributed by atoms with Crippen LogP contribution >= 0.6 is 11.6 Å². The molecule has 0 saturated carbocycles. The van der Waals surface area contributed by atoms with E-state index in [9.17, 15) is 9.59 Å². The van der Waals surface area contributed by atoms with Gasteiger partial charge in [0.25, 0.3) is 5.91 Å². The van der Waals surface area contributed by atoms with Gasteiger partial charge in [0.05, 0.1) is 5.02 Å². The quantitative estimate of drug-likeness (QED) is 0.543. The molecule has 1 atom stereocenters. The van der Waals surface area contributed by atoms with Gasteiger partial charge in [0, 0.05) is 23.7 Å². The molecular weight excluding hydrogens is 402 g/mol. The van der Waals surface area contributed by atoms with Gasteiger partial charge >= 0.3 is 0 Å². The van der Waals surface area contributed by atoms with E-state index in [1.54, 1.807) is 19.1 Å². The minimum atomic E-state index is -0.308. The second-order valence-corrected chi connectivity index (χ2v) is 7.53. The number of anilines is 1. The lowest BCUT2D eigenvalue weighted by atomic mass is 10.1. The molecule has 156 valence electrons. The summed E-state index contributed by atoms with van der Waals surface area (Å²) in [6.07, 6.45) is 0.771. The van der Waals surface area contributed by atoms with Gasteiger partial charge in [-0.1, -0.05) is 60.9 Å². The fourth-order valence-corrected chi connectivity index (χ4v) is 3.18. The zero-order valence-corrected chi connectivity index (χ0v) is 17.9. The predicted octanol–water partition coefficient (Wildman–Crippen LogP) is 5.22. The van der Waals surface area contributed by atoms with Crippen molar-refractivity contribution in [2.75, 3.05) is 5.32 Å². The third-order valence-corrected chi connectivity index (χ3v) is 5.26. The van der Waals surface area contributed by atoms with Crippen LogP contribution in [0.25, 0.3) is 11.3 Å². The van der Waals surface area contributed by atoms with E-state index >= 15 is 0 Å². The first-order valence-corrected chi connectivity index (χ1v) is 10.2. The van der Waals surface area contributed by atoms with Gasteiger partial charge < -0.3 is 15.2 Å². The van der Waals surface area contributed by atoms with Crippen LogP contribution in [0.4, 0.5) is 5.69 Å². The largest absolute Gasteiger partial charge is 0.360 e. The molecule has 1 unspecified atom stereocenters. The van der Waals surface area contributed by atoms with Crippen molar-refractivity contribution in [3.8, 4) is 11.3 Å². The number of benzene rings is 2. The van der Waals surface area contributed by atoms with E-state index in [-0.39, 0.29) is 17.7 Å². The second-order valence-electron chi connectivity index (χ2n) is 7.12. The molecule has 0 spiro atoms. The summed E-state index contributed by atoms with van der Waals surface area (Å²) >= 11 is 6.26. The first-order valence-electron chi connectivity index (χ1n) is 9.79. The Morgan fingerprint density at radius 3 is 2.67 bits per heavy atom. The van der Waals surface area contributed by atoms with E-state index in [1.165, 1.54) is 0 Å². The maximum Gasteiger partial charge on any atom is 0.257 e. The lowest BCUT2D eigenvalue weighted by Crippen LogP contribution is -2.24. The highest BCUT2D eigenvalue weighted by Gasteiger charge is 2.22. The summed E-state index contributed by atoms with van der Waals surface area (Å²) in [5.41, 5.74) is 2.95. The first-order chi connectivity index (χ1) is 14.4. The highest BCUT2D eigenvalue weighted by Crippen LogP contribution is 2.31. The molecule has 0 aliphatic rings. The van der Waals surface area contributed by atoms with Crippen molar-refractivity contribution in [1.29, 1.82) is 0 Å². The number of rotatable bonds is 7. The van der Waals surface area contributed by atoms with Gasteiger partial charge in [-0.25, -0.2) is 0 Å². The average molecular weight is 426 g/mol. The van der Waals surface area contributed by atoms with Crippen LogP contribution in [0.15, 0.2) is 53.1 Å². The fourth-order valence-electron chi connectivity index (χ4n) is 2.96. The molecule has 3 aromatic rings. The van der Waals surface area contributed by atoms with Crippen LogP contribution in [0.2, 0.25) is 5.02 Å². The molecule has 0 fully saturated rings. The standard InChI is InChI=1S/C23H24ClN3O3/c1-4-14(2)22(28)26-17-9-7-8-16(12-17)13-25-23(29)20-15(3)30-27-21(20)18-10-5-6-11-19(18)24/h5-12,14H,4,13H2,1-3H3,(H,25,29)(H,26,28). The van der Waals surface area contributed by atoms with E-state index in [4.69, 9.17) is 16.1 Å². The van der Waals surface area contributed by atoms with Gasteiger partial charge in [0.2, 0.25) is 5.91 Å². The summed E-state index contributed by atoms with van der Waals surface area (Å²) in [7, 11) is 0. The van der Waals surface area contributed by atoms with Crippen LogP contribution in [-0.4, -0.2) is 17.0 Å². The van der Waals surface area contributed by atoms with Crippen molar-refractivity contribution < 1.29 is 14.1 Å². The van der Waals surface area contributed by atoms with Crippen molar-refractivity contribution in [1.82, 2.24) is 10.5 Å². The summed E-state index contributed by atoms with van der Waals surface area (Å²) in [6.45, 7) is 5.84. The van der Waals surface area contributed by atoms with Gasteiger partial charge in [-0.3, -0.25) is 9.59 Å². The second kappa shape index (κ2) is 9.59. The van der Waals surface area contributed by atoms with Crippen LogP contribution in [-0.2, 0) is 11.3 Å². The van der Waals surface area contributed by atoms with Crippen LogP contribution in [0.1, 0.15) is 41.9 Å². The zero-order chi connectivity index (χ0) is 21.7. The van der Waals surface area contributed by atoms with E-state index in [1.807, 2.05) is 50.2 Å². The van der Waals surface area contributed by atoms with Crippen LogP contribution < -0.4 is 10.6 Å². The number of aryl methyl sites for hydroxylation is 1. The minimum Gasteiger partial charge on any atom is -0.360 e. The molecule has 0 aliphatic carbocycles. The van der Waals surface area contributed by atoms with E-state index < -0.39 is 0 Å². The Kier molecular flexibility index (Phi) is 6.90. The van der Waals surface area contributed by atoms with Gasteiger partial charge in [-0.15, -0.1) is 0 Å². The summed E-state index contributed by atoms with van der Waals surface area (Å²) in [5.74, 6) is 0.0195. The molecule has 2 aromatic carbocycles. The number of hydrogen-bond donors (Lipinski definition) is 2. The van der Waals surface area contributed by atoms with Crippen molar-refractivity contribution >= 4 is 29.1 Å².